The minimum Gasteiger partial charge on any atom is -0.355 e. The van der Waals surface area contributed by atoms with Crippen LogP contribution in [0.3, 0.4) is 0 Å². The lowest BCUT2D eigenvalue weighted by Crippen LogP contribution is -2.34. The molecule has 0 bridgehead atoms. The Kier molecular flexibility index (Phi) is 3.41. The van der Waals surface area contributed by atoms with Gasteiger partial charge < -0.3 is 4.90 Å². The highest BCUT2D eigenvalue weighted by Gasteiger charge is 2.19. The lowest BCUT2D eigenvalue weighted by molar-refractivity contribution is -0.119. The maximum absolute atomic E-state index is 11.1. The van der Waals surface area contributed by atoms with Gasteiger partial charge in [0.2, 0.25) is 0 Å². The molecule has 0 spiro atoms. The van der Waals surface area contributed by atoms with Crippen molar-refractivity contribution in [2.45, 2.75) is 12.8 Å². The van der Waals surface area contributed by atoms with Gasteiger partial charge in [0.1, 0.15) is 11.6 Å². The Balaban J connectivity index is 2.19. The van der Waals surface area contributed by atoms with E-state index < -0.39 is 0 Å². The van der Waals surface area contributed by atoms with E-state index in [2.05, 4.69) is 41.7 Å². The topological polar surface area (TPSA) is 33.2 Å². The molecule has 80 valence electrons. The number of carbonyl (C=O) groups is 1. The van der Waals surface area contributed by atoms with E-state index in [1.165, 1.54) is 0 Å². The minimum atomic E-state index is 0.347. The predicted molar refractivity (Wildman–Crippen MR) is 66.1 cm³/mol. The number of hydrogen-bond donors (Lipinski definition) is 0. The van der Waals surface area contributed by atoms with E-state index in [4.69, 9.17) is 0 Å². The smallest absolute Gasteiger partial charge is 0.142 e. The SMILES string of the molecule is O=C1CCN(c2ncc(Br)cc2Br)CC1. The monoisotopic (exact) mass is 332 g/mol. The van der Waals surface area contributed by atoms with Crippen molar-refractivity contribution in [2.75, 3.05) is 18.0 Å². The van der Waals surface area contributed by atoms with Gasteiger partial charge in [0, 0.05) is 36.6 Å². The number of piperidine rings is 1. The van der Waals surface area contributed by atoms with E-state index in [0.29, 0.717) is 18.6 Å². The van der Waals surface area contributed by atoms with Crippen LogP contribution in [0.4, 0.5) is 5.82 Å². The lowest BCUT2D eigenvalue weighted by atomic mass is 10.1. The van der Waals surface area contributed by atoms with Crippen LogP contribution in [-0.4, -0.2) is 23.9 Å². The highest BCUT2D eigenvalue weighted by molar-refractivity contribution is 9.11. The first-order valence-electron chi connectivity index (χ1n) is 4.74. The van der Waals surface area contributed by atoms with Gasteiger partial charge in [0.05, 0.1) is 4.47 Å². The molecule has 0 amide bonds. The van der Waals surface area contributed by atoms with Gasteiger partial charge in [-0.15, -0.1) is 0 Å². The zero-order valence-electron chi connectivity index (χ0n) is 8.04. The molecule has 2 rings (SSSR count). The van der Waals surface area contributed by atoms with Gasteiger partial charge in [-0.25, -0.2) is 4.98 Å². The summed E-state index contributed by atoms with van der Waals surface area (Å²) in [5, 5.41) is 0. The quantitative estimate of drug-likeness (QED) is 0.792. The first-order valence-corrected chi connectivity index (χ1v) is 6.33. The van der Waals surface area contributed by atoms with Gasteiger partial charge in [-0.3, -0.25) is 4.79 Å². The van der Waals surface area contributed by atoms with E-state index >= 15 is 0 Å². The Labute approximate surface area is 105 Å². The van der Waals surface area contributed by atoms with Crippen LogP contribution in [0.25, 0.3) is 0 Å². The zero-order valence-corrected chi connectivity index (χ0v) is 11.2. The van der Waals surface area contributed by atoms with Crippen LogP contribution < -0.4 is 4.90 Å². The van der Waals surface area contributed by atoms with Crippen LogP contribution in [0.15, 0.2) is 21.2 Å². The van der Waals surface area contributed by atoms with Crippen molar-refractivity contribution >= 4 is 43.5 Å². The number of ketones is 1. The summed E-state index contributed by atoms with van der Waals surface area (Å²) < 4.78 is 1.91. The molecule has 0 aliphatic carbocycles. The van der Waals surface area contributed by atoms with E-state index in [1.807, 2.05) is 6.07 Å². The molecule has 1 fully saturated rings. The summed E-state index contributed by atoms with van der Waals surface area (Å²) in [5.74, 6) is 1.27. The Bertz CT molecular complexity index is 385. The predicted octanol–water partition coefficient (Wildman–Crippen LogP) is 2.78. The number of anilines is 1. The largest absolute Gasteiger partial charge is 0.355 e. The number of Topliss-reactive ketones (excluding diaryl/α,β-unsaturated/α-hetero) is 1. The molecule has 5 heteroatoms. The molecule has 0 unspecified atom stereocenters. The van der Waals surface area contributed by atoms with Crippen LogP contribution in [0.1, 0.15) is 12.8 Å². The van der Waals surface area contributed by atoms with Crippen molar-refractivity contribution < 1.29 is 4.79 Å². The van der Waals surface area contributed by atoms with Crippen molar-refractivity contribution in [1.82, 2.24) is 4.98 Å². The summed E-state index contributed by atoms with van der Waals surface area (Å²) in [4.78, 5) is 17.6. The standard InChI is InChI=1S/C10H10Br2N2O/c11-7-5-9(12)10(13-6-7)14-3-1-8(15)2-4-14/h5-6H,1-4H2. The van der Waals surface area contributed by atoms with Gasteiger partial charge >= 0.3 is 0 Å². The molecule has 1 aromatic rings. The second-order valence-corrected chi connectivity index (χ2v) is 5.25. The highest BCUT2D eigenvalue weighted by atomic mass is 79.9. The Morgan fingerprint density at radius 3 is 2.53 bits per heavy atom. The molecule has 1 aliphatic heterocycles. The van der Waals surface area contributed by atoms with Crippen LogP contribution >= 0.6 is 31.9 Å². The van der Waals surface area contributed by atoms with Gasteiger partial charge in [-0.05, 0) is 37.9 Å². The van der Waals surface area contributed by atoms with Gasteiger partial charge in [-0.1, -0.05) is 0 Å². The molecule has 0 atom stereocenters. The second kappa shape index (κ2) is 4.61. The third kappa shape index (κ3) is 2.58. The van der Waals surface area contributed by atoms with E-state index in [-0.39, 0.29) is 0 Å². The molecular weight excluding hydrogens is 324 g/mol. The molecule has 3 nitrogen and oxygen atoms in total. The van der Waals surface area contributed by atoms with Crippen molar-refractivity contribution in [3.8, 4) is 0 Å². The number of aromatic nitrogens is 1. The third-order valence-corrected chi connectivity index (χ3v) is 3.43. The van der Waals surface area contributed by atoms with Crippen LogP contribution in [-0.2, 0) is 4.79 Å². The summed E-state index contributed by atoms with van der Waals surface area (Å²) >= 11 is 6.84. The average molecular weight is 334 g/mol. The van der Waals surface area contributed by atoms with Crippen LogP contribution in [0, 0.1) is 0 Å². The van der Waals surface area contributed by atoms with Gasteiger partial charge in [0.15, 0.2) is 0 Å². The summed E-state index contributed by atoms with van der Waals surface area (Å²) in [5.41, 5.74) is 0. The minimum absolute atomic E-state index is 0.347. The van der Waals surface area contributed by atoms with Gasteiger partial charge in [-0.2, -0.15) is 0 Å². The van der Waals surface area contributed by atoms with E-state index in [1.54, 1.807) is 6.20 Å². The fraction of sp³-hybridized carbons (Fsp3) is 0.400. The zero-order chi connectivity index (χ0) is 10.8. The Hall–Kier alpha value is -0.420. The molecule has 1 saturated heterocycles. The molecular formula is C10H10Br2N2O. The summed E-state index contributed by atoms with van der Waals surface area (Å²) in [7, 11) is 0. The van der Waals surface area contributed by atoms with E-state index in [0.717, 1.165) is 27.9 Å². The second-order valence-electron chi connectivity index (χ2n) is 3.48. The maximum Gasteiger partial charge on any atom is 0.142 e. The third-order valence-electron chi connectivity index (χ3n) is 2.41. The van der Waals surface area contributed by atoms with Crippen molar-refractivity contribution in [3.05, 3.63) is 21.2 Å². The maximum atomic E-state index is 11.1. The molecule has 2 heterocycles. The fourth-order valence-electron chi connectivity index (χ4n) is 1.61. The summed E-state index contributed by atoms with van der Waals surface area (Å²) in [6, 6.07) is 1.97. The Morgan fingerprint density at radius 2 is 1.93 bits per heavy atom. The van der Waals surface area contributed by atoms with Gasteiger partial charge in [0.25, 0.3) is 0 Å². The number of rotatable bonds is 1. The van der Waals surface area contributed by atoms with Crippen molar-refractivity contribution in [2.24, 2.45) is 0 Å². The lowest BCUT2D eigenvalue weighted by Gasteiger charge is -2.27. The van der Waals surface area contributed by atoms with Crippen LogP contribution in [0.2, 0.25) is 0 Å². The molecule has 15 heavy (non-hydrogen) atoms. The fourth-order valence-corrected chi connectivity index (χ4v) is 2.85. The Morgan fingerprint density at radius 1 is 1.27 bits per heavy atom. The number of hydrogen-bond acceptors (Lipinski definition) is 3. The average Bonchev–Trinajstić information content (AvgIpc) is 2.20. The normalized spacial score (nSPS) is 16.9. The van der Waals surface area contributed by atoms with Crippen molar-refractivity contribution in [1.29, 1.82) is 0 Å². The molecule has 1 aliphatic rings. The molecule has 0 radical (unpaired) electrons. The highest BCUT2D eigenvalue weighted by Crippen LogP contribution is 2.28. The number of nitrogens with zero attached hydrogens (tertiary/aromatic N) is 2. The molecule has 0 saturated carbocycles. The molecule has 0 aromatic carbocycles. The number of halogens is 2. The summed E-state index contributed by atoms with van der Waals surface area (Å²) in [6.07, 6.45) is 3.03. The van der Waals surface area contributed by atoms with Crippen LogP contribution in [0.5, 0.6) is 0 Å². The number of pyridine rings is 1. The van der Waals surface area contributed by atoms with E-state index in [9.17, 15) is 4.79 Å². The first-order chi connectivity index (χ1) is 7.16. The molecule has 1 aromatic heterocycles. The number of carbonyl (C=O) groups excluding carboxylic acids is 1. The molecule has 0 N–H and O–H groups in total. The van der Waals surface area contributed by atoms with Crippen molar-refractivity contribution in [3.63, 3.8) is 0 Å². The first kappa shape index (κ1) is 11.1. The summed E-state index contributed by atoms with van der Waals surface area (Å²) in [6.45, 7) is 1.54.